The molecule has 0 bridgehead atoms. The van der Waals surface area contributed by atoms with Crippen LogP contribution in [0.3, 0.4) is 0 Å². The van der Waals surface area contributed by atoms with Crippen LogP contribution >= 0.6 is 0 Å². The number of nitrogens with one attached hydrogen (secondary N) is 1. The van der Waals surface area contributed by atoms with E-state index in [0.29, 0.717) is 13.2 Å². The molecule has 0 unspecified atom stereocenters. The predicted octanol–water partition coefficient (Wildman–Crippen LogP) is 0.946. The molecule has 2 rings (SSSR count). The molecule has 19 heavy (non-hydrogen) atoms. The van der Waals surface area contributed by atoms with Crippen molar-refractivity contribution in [3.8, 4) is 0 Å². The summed E-state index contributed by atoms with van der Waals surface area (Å²) in [5.41, 5.74) is 6.51. The first-order valence-electron chi connectivity index (χ1n) is 6.67. The molecule has 0 aromatic heterocycles. The normalized spacial score (nSPS) is 19.3. The van der Waals surface area contributed by atoms with Crippen LogP contribution in [0, 0.1) is 0 Å². The van der Waals surface area contributed by atoms with Crippen LogP contribution in [-0.4, -0.2) is 43.2 Å². The minimum Gasteiger partial charge on any atom is -0.445 e. The highest BCUT2D eigenvalue weighted by atomic mass is 16.5. The van der Waals surface area contributed by atoms with Crippen molar-refractivity contribution in [2.45, 2.75) is 19.1 Å². The van der Waals surface area contributed by atoms with E-state index in [9.17, 15) is 4.79 Å². The molecule has 104 valence electrons. The second-order valence-corrected chi connectivity index (χ2v) is 4.78. The molecule has 1 atom stereocenters. The van der Waals surface area contributed by atoms with Crippen molar-refractivity contribution in [2.75, 3.05) is 26.2 Å². The molecule has 1 amide bonds. The predicted molar refractivity (Wildman–Crippen MR) is 73.7 cm³/mol. The Morgan fingerprint density at radius 1 is 1.42 bits per heavy atom. The highest BCUT2D eigenvalue weighted by Gasteiger charge is 2.23. The van der Waals surface area contributed by atoms with Crippen molar-refractivity contribution in [1.29, 1.82) is 0 Å². The Balaban J connectivity index is 1.68. The maximum absolute atomic E-state index is 11.7. The number of hydrogen-bond acceptors (Lipinski definition) is 4. The standard InChI is InChI=1S/C14H21N3O2/c15-7-9-17-8-6-13(10-17)16-14(18)19-11-12-4-2-1-3-5-12/h1-5,13H,6-11,15H2,(H,16,18)/t13-/m0/s1. The molecule has 0 saturated carbocycles. The van der Waals surface area contributed by atoms with Gasteiger partial charge in [-0.3, -0.25) is 4.90 Å². The van der Waals surface area contributed by atoms with Crippen LogP contribution in [0.2, 0.25) is 0 Å². The first kappa shape index (κ1) is 13.8. The zero-order chi connectivity index (χ0) is 13.5. The Kier molecular flexibility index (Phi) is 5.18. The lowest BCUT2D eigenvalue weighted by Crippen LogP contribution is -2.38. The van der Waals surface area contributed by atoms with Crippen molar-refractivity contribution >= 4 is 6.09 Å². The van der Waals surface area contributed by atoms with Gasteiger partial charge in [-0.1, -0.05) is 30.3 Å². The Morgan fingerprint density at radius 2 is 2.21 bits per heavy atom. The number of ether oxygens (including phenoxy) is 1. The number of nitrogens with zero attached hydrogens (tertiary/aromatic N) is 1. The summed E-state index contributed by atoms with van der Waals surface area (Å²) in [5, 5.41) is 2.89. The second kappa shape index (κ2) is 7.11. The first-order valence-corrected chi connectivity index (χ1v) is 6.67. The Labute approximate surface area is 113 Å². The molecule has 1 aliphatic heterocycles. The van der Waals surface area contributed by atoms with Gasteiger partial charge in [-0.2, -0.15) is 0 Å². The van der Waals surface area contributed by atoms with Crippen molar-refractivity contribution < 1.29 is 9.53 Å². The lowest BCUT2D eigenvalue weighted by Gasteiger charge is -2.15. The molecule has 1 heterocycles. The Morgan fingerprint density at radius 3 is 2.95 bits per heavy atom. The summed E-state index contributed by atoms with van der Waals surface area (Å²) in [4.78, 5) is 13.9. The number of amides is 1. The average molecular weight is 263 g/mol. The lowest BCUT2D eigenvalue weighted by atomic mass is 10.2. The molecular weight excluding hydrogens is 242 g/mol. The Hall–Kier alpha value is -1.59. The van der Waals surface area contributed by atoms with E-state index in [1.165, 1.54) is 0 Å². The largest absolute Gasteiger partial charge is 0.445 e. The average Bonchev–Trinajstić information content (AvgIpc) is 2.85. The quantitative estimate of drug-likeness (QED) is 0.830. The zero-order valence-electron chi connectivity index (χ0n) is 11.0. The number of carbonyl (C=O) groups is 1. The highest BCUT2D eigenvalue weighted by Crippen LogP contribution is 2.08. The molecule has 0 aliphatic carbocycles. The van der Waals surface area contributed by atoms with Gasteiger partial charge >= 0.3 is 6.09 Å². The molecule has 1 aromatic carbocycles. The van der Waals surface area contributed by atoms with Crippen LogP contribution in [0.1, 0.15) is 12.0 Å². The SMILES string of the molecule is NCCN1CC[C@H](NC(=O)OCc2ccccc2)C1. The van der Waals surface area contributed by atoms with E-state index in [0.717, 1.165) is 31.6 Å². The second-order valence-electron chi connectivity index (χ2n) is 4.78. The molecule has 3 N–H and O–H groups in total. The van der Waals surface area contributed by atoms with Crippen molar-refractivity contribution in [3.05, 3.63) is 35.9 Å². The number of likely N-dealkylation sites (tertiary alicyclic amines) is 1. The molecule has 0 radical (unpaired) electrons. The first-order chi connectivity index (χ1) is 9.28. The van der Waals surface area contributed by atoms with E-state index < -0.39 is 0 Å². The van der Waals surface area contributed by atoms with Gasteiger partial charge in [0.1, 0.15) is 6.61 Å². The molecule has 5 heteroatoms. The van der Waals surface area contributed by atoms with E-state index in [-0.39, 0.29) is 12.1 Å². The fraction of sp³-hybridized carbons (Fsp3) is 0.500. The molecule has 1 saturated heterocycles. The maximum atomic E-state index is 11.7. The highest BCUT2D eigenvalue weighted by molar-refractivity contribution is 5.67. The summed E-state index contributed by atoms with van der Waals surface area (Å²) < 4.78 is 5.19. The van der Waals surface area contributed by atoms with Gasteiger partial charge in [0.05, 0.1) is 0 Å². The molecule has 1 fully saturated rings. The summed E-state index contributed by atoms with van der Waals surface area (Å²) in [7, 11) is 0. The van der Waals surface area contributed by atoms with Crippen LogP contribution < -0.4 is 11.1 Å². The minimum absolute atomic E-state index is 0.176. The summed E-state index contributed by atoms with van der Waals surface area (Å²) in [5.74, 6) is 0. The fourth-order valence-electron chi connectivity index (χ4n) is 2.27. The number of carbonyl (C=O) groups excluding carboxylic acids is 1. The fourth-order valence-corrected chi connectivity index (χ4v) is 2.27. The van der Waals surface area contributed by atoms with E-state index >= 15 is 0 Å². The van der Waals surface area contributed by atoms with Gasteiger partial charge in [0.15, 0.2) is 0 Å². The monoisotopic (exact) mass is 263 g/mol. The summed E-state index contributed by atoms with van der Waals surface area (Å²) >= 11 is 0. The van der Waals surface area contributed by atoms with Gasteiger partial charge in [-0.25, -0.2) is 4.79 Å². The van der Waals surface area contributed by atoms with Crippen molar-refractivity contribution in [2.24, 2.45) is 5.73 Å². The lowest BCUT2D eigenvalue weighted by molar-refractivity contribution is 0.135. The summed E-state index contributed by atoms with van der Waals surface area (Å²) in [6.45, 7) is 3.70. The number of hydrogen-bond donors (Lipinski definition) is 2. The van der Waals surface area contributed by atoms with Crippen LogP contribution in [0.5, 0.6) is 0 Å². The number of rotatable bonds is 5. The van der Waals surface area contributed by atoms with Gasteiger partial charge in [-0.15, -0.1) is 0 Å². The number of alkyl carbamates (subject to hydrolysis) is 1. The third-order valence-corrected chi connectivity index (χ3v) is 3.25. The minimum atomic E-state index is -0.344. The molecule has 1 aliphatic rings. The van der Waals surface area contributed by atoms with Crippen LogP contribution in [-0.2, 0) is 11.3 Å². The third-order valence-electron chi connectivity index (χ3n) is 3.25. The maximum Gasteiger partial charge on any atom is 0.407 e. The van der Waals surface area contributed by atoms with E-state index in [2.05, 4.69) is 10.2 Å². The number of nitrogens with two attached hydrogens (primary N) is 1. The smallest absolute Gasteiger partial charge is 0.407 e. The molecular formula is C14H21N3O2. The van der Waals surface area contributed by atoms with E-state index in [4.69, 9.17) is 10.5 Å². The van der Waals surface area contributed by atoms with Gasteiger partial charge < -0.3 is 15.8 Å². The van der Waals surface area contributed by atoms with Gasteiger partial charge in [-0.05, 0) is 12.0 Å². The van der Waals surface area contributed by atoms with Crippen LogP contribution in [0.4, 0.5) is 4.79 Å². The zero-order valence-corrected chi connectivity index (χ0v) is 11.0. The van der Waals surface area contributed by atoms with Gasteiger partial charge in [0.25, 0.3) is 0 Å². The molecule has 5 nitrogen and oxygen atoms in total. The van der Waals surface area contributed by atoms with Crippen molar-refractivity contribution in [3.63, 3.8) is 0 Å². The van der Waals surface area contributed by atoms with Crippen LogP contribution in [0.15, 0.2) is 30.3 Å². The van der Waals surface area contributed by atoms with Crippen LogP contribution in [0.25, 0.3) is 0 Å². The number of benzene rings is 1. The van der Waals surface area contributed by atoms with Gasteiger partial charge in [0, 0.05) is 32.2 Å². The van der Waals surface area contributed by atoms with Crippen molar-refractivity contribution in [1.82, 2.24) is 10.2 Å². The third kappa shape index (κ3) is 4.54. The topological polar surface area (TPSA) is 67.6 Å². The summed E-state index contributed by atoms with van der Waals surface area (Å²) in [6.07, 6.45) is 0.615. The molecule has 0 spiro atoms. The molecule has 1 aromatic rings. The summed E-state index contributed by atoms with van der Waals surface area (Å²) in [6, 6.07) is 9.84. The van der Waals surface area contributed by atoms with Gasteiger partial charge in [0.2, 0.25) is 0 Å². The van der Waals surface area contributed by atoms with E-state index in [1.54, 1.807) is 0 Å². The Bertz CT molecular complexity index is 397. The van der Waals surface area contributed by atoms with E-state index in [1.807, 2.05) is 30.3 Å².